The molecule has 0 fully saturated rings. The van der Waals surface area contributed by atoms with Crippen LogP contribution in [0.1, 0.15) is 11.1 Å². The zero-order chi connectivity index (χ0) is 12.3. The molecule has 0 aliphatic rings. The van der Waals surface area contributed by atoms with Crippen molar-refractivity contribution in [3.8, 4) is 0 Å². The van der Waals surface area contributed by atoms with Crippen LogP contribution in [0.15, 0.2) is 46.9 Å². The minimum Gasteiger partial charge on any atom is -0.381 e. The average molecular weight is 402 g/mol. The molecule has 0 atom stereocenters. The quantitative estimate of drug-likeness (QED) is 0.715. The maximum atomic E-state index is 3.51. The smallest absolute Gasteiger partial charge is 0.0400 e. The summed E-state index contributed by atoms with van der Waals surface area (Å²) in [5.74, 6) is 0. The molecule has 0 bridgehead atoms. The lowest BCUT2D eigenvalue weighted by Crippen LogP contribution is -1.99. The molecule has 0 saturated carbocycles. The van der Waals surface area contributed by atoms with E-state index < -0.39 is 0 Å². The second-order valence-electron chi connectivity index (χ2n) is 3.94. The van der Waals surface area contributed by atoms with Crippen LogP contribution in [0.3, 0.4) is 0 Å². The topological polar surface area (TPSA) is 12.0 Å². The number of nitrogens with one attached hydrogen (secondary N) is 1. The minimum atomic E-state index is 0.856. The van der Waals surface area contributed by atoms with Crippen LogP contribution in [-0.4, -0.2) is 0 Å². The molecule has 3 heteroatoms. The molecule has 17 heavy (non-hydrogen) atoms. The van der Waals surface area contributed by atoms with Crippen LogP contribution in [0.4, 0.5) is 5.69 Å². The Morgan fingerprint density at radius 1 is 1.12 bits per heavy atom. The van der Waals surface area contributed by atoms with Gasteiger partial charge >= 0.3 is 0 Å². The predicted octanol–water partition coefficient (Wildman–Crippen LogP) is 4.97. The van der Waals surface area contributed by atoms with E-state index in [9.17, 15) is 0 Å². The molecule has 1 nitrogen and oxygen atoms in total. The Balaban J connectivity index is 2.02. The molecule has 0 aliphatic heterocycles. The Hall–Kier alpha value is -0.550. The highest BCUT2D eigenvalue weighted by Crippen LogP contribution is 2.18. The van der Waals surface area contributed by atoms with Crippen molar-refractivity contribution >= 4 is 44.2 Å². The first-order chi connectivity index (χ1) is 8.15. The highest BCUT2D eigenvalue weighted by molar-refractivity contribution is 14.1. The van der Waals surface area contributed by atoms with Crippen molar-refractivity contribution in [3.05, 3.63) is 61.6 Å². The monoisotopic (exact) mass is 401 g/mol. The summed E-state index contributed by atoms with van der Waals surface area (Å²) in [6.07, 6.45) is 0. The molecule has 0 saturated heterocycles. The van der Waals surface area contributed by atoms with E-state index in [4.69, 9.17) is 0 Å². The van der Waals surface area contributed by atoms with Crippen LogP contribution in [0.25, 0.3) is 0 Å². The van der Waals surface area contributed by atoms with Gasteiger partial charge in [0, 0.05) is 20.3 Å². The number of benzene rings is 2. The van der Waals surface area contributed by atoms with Gasteiger partial charge in [0.15, 0.2) is 0 Å². The van der Waals surface area contributed by atoms with Crippen LogP contribution in [-0.2, 0) is 6.54 Å². The summed E-state index contributed by atoms with van der Waals surface area (Å²) >= 11 is 5.82. The van der Waals surface area contributed by atoms with Crippen molar-refractivity contribution in [3.63, 3.8) is 0 Å². The third kappa shape index (κ3) is 3.71. The van der Waals surface area contributed by atoms with Gasteiger partial charge in [-0.25, -0.2) is 0 Å². The fraction of sp³-hybridized carbons (Fsp3) is 0.143. The van der Waals surface area contributed by atoms with E-state index in [1.807, 2.05) is 0 Å². The highest BCUT2D eigenvalue weighted by Gasteiger charge is 1.98. The van der Waals surface area contributed by atoms with Crippen molar-refractivity contribution in [1.29, 1.82) is 0 Å². The molecule has 0 heterocycles. The summed E-state index contributed by atoms with van der Waals surface area (Å²) in [6.45, 7) is 2.97. The van der Waals surface area contributed by atoms with Crippen molar-refractivity contribution < 1.29 is 0 Å². The van der Waals surface area contributed by atoms with Gasteiger partial charge in [-0.05, 0) is 71.0 Å². The summed E-state index contributed by atoms with van der Waals surface area (Å²) < 4.78 is 2.42. The van der Waals surface area contributed by atoms with Crippen molar-refractivity contribution in [2.24, 2.45) is 0 Å². The lowest BCUT2D eigenvalue weighted by molar-refractivity contribution is 1.14. The number of anilines is 1. The highest BCUT2D eigenvalue weighted by atomic mass is 127. The Labute approximate surface area is 124 Å². The normalized spacial score (nSPS) is 10.3. The second kappa shape index (κ2) is 5.87. The van der Waals surface area contributed by atoms with Crippen LogP contribution < -0.4 is 5.32 Å². The van der Waals surface area contributed by atoms with E-state index in [-0.39, 0.29) is 0 Å². The maximum Gasteiger partial charge on any atom is 0.0400 e. The average Bonchev–Trinajstić information content (AvgIpc) is 2.33. The minimum absolute atomic E-state index is 0.856. The Bertz CT molecular complexity index is 508. The van der Waals surface area contributed by atoms with E-state index in [0.717, 1.165) is 16.7 Å². The van der Waals surface area contributed by atoms with E-state index in [1.165, 1.54) is 14.7 Å². The van der Waals surface area contributed by atoms with E-state index in [2.05, 4.69) is 93.2 Å². The molecule has 2 aromatic rings. The van der Waals surface area contributed by atoms with Gasteiger partial charge in [-0.3, -0.25) is 0 Å². The maximum absolute atomic E-state index is 3.51. The largest absolute Gasteiger partial charge is 0.381 e. The van der Waals surface area contributed by atoms with Crippen LogP contribution in [0.2, 0.25) is 0 Å². The number of halogens is 2. The summed E-state index contributed by atoms with van der Waals surface area (Å²) in [7, 11) is 0. The zero-order valence-electron chi connectivity index (χ0n) is 9.50. The molecular weight excluding hydrogens is 389 g/mol. The third-order valence-electron chi connectivity index (χ3n) is 2.56. The number of hydrogen-bond acceptors (Lipinski definition) is 1. The van der Waals surface area contributed by atoms with Crippen molar-refractivity contribution in [1.82, 2.24) is 0 Å². The van der Waals surface area contributed by atoms with E-state index in [0.29, 0.717) is 0 Å². The first-order valence-corrected chi connectivity index (χ1v) is 7.27. The van der Waals surface area contributed by atoms with Crippen molar-refractivity contribution in [2.75, 3.05) is 5.32 Å². The Morgan fingerprint density at radius 2 is 1.82 bits per heavy atom. The first kappa shape index (κ1) is 12.9. The first-order valence-electron chi connectivity index (χ1n) is 5.39. The summed E-state index contributed by atoms with van der Waals surface area (Å²) in [5.41, 5.74) is 3.72. The number of rotatable bonds is 3. The van der Waals surface area contributed by atoms with Gasteiger partial charge in [0.05, 0.1) is 0 Å². The van der Waals surface area contributed by atoms with E-state index in [1.54, 1.807) is 0 Å². The molecule has 1 N–H and O–H groups in total. The predicted molar refractivity (Wildman–Crippen MR) is 85.4 cm³/mol. The SMILES string of the molecule is Cc1cc(CNc2ccc(I)cc2)ccc1Br. The fourth-order valence-electron chi connectivity index (χ4n) is 1.59. The molecular formula is C14H13BrIN. The van der Waals surface area contributed by atoms with Gasteiger partial charge in [0.1, 0.15) is 0 Å². The number of aryl methyl sites for hydroxylation is 1. The van der Waals surface area contributed by atoms with Crippen LogP contribution in [0, 0.1) is 10.5 Å². The van der Waals surface area contributed by atoms with Gasteiger partial charge < -0.3 is 5.32 Å². The molecule has 0 aliphatic carbocycles. The van der Waals surface area contributed by atoms with Crippen LogP contribution >= 0.6 is 38.5 Å². The standard InChI is InChI=1S/C14H13BrIN/c1-10-8-11(2-7-14(10)15)9-17-13-5-3-12(16)4-6-13/h2-8,17H,9H2,1H3. The van der Waals surface area contributed by atoms with Gasteiger partial charge in [-0.2, -0.15) is 0 Å². The van der Waals surface area contributed by atoms with E-state index >= 15 is 0 Å². The van der Waals surface area contributed by atoms with Gasteiger partial charge in [-0.15, -0.1) is 0 Å². The van der Waals surface area contributed by atoms with Crippen LogP contribution in [0.5, 0.6) is 0 Å². The molecule has 2 aromatic carbocycles. The molecule has 2 rings (SSSR count). The zero-order valence-corrected chi connectivity index (χ0v) is 13.2. The van der Waals surface area contributed by atoms with Gasteiger partial charge in [0.25, 0.3) is 0 Å². The molecule has 0 radical (unpaired) electrons. The Kier molecular flexibility index (Phi) is 4.45. The fourth-order valence-corrected chi connectivity index (χ4v) is 2.19. The van der Waals surface area contributed by atoms with Gasteiger partial charge in [-0.1, -0.05) is 28.1 Å². The molecule has 88 valence electrons. The molecule has 0 unspecified atom stereocenters. The summed E-state index contributed by atoms with van der Waals surface area (Å²) in [4.78, 5) is 0. The lowest BCUT2D eigenvalue weighted by Gasteiger charge is -2.08. The van der Waals surface area contributed by atoms with Gasteiger partial charge in [0.2, 0.25) is 0 Å². The van der Waals surface area contributed by atoms with Crippen molar-refractivity contribution in [2.45, 2.75) is 13.5 Å². The molecule has 0 aromatic heterocycles. The molecule has 0 spiro atoms. The second-order valence-corrected chi connectivity index (χ2v) is 6.04. The Morgan fingerprint density at radius 3 is 2.47 bits per heavy atom. The molecule has 0 amide bonds. The summed E-state index contributed by atoms with van der Waals surface area (Å²) in [5, 5.41) is 3.42. The summed E-state index contributed by atoms with van der Waals surface area (Å²) in [6, 6.07) is 14.9. The number of hydrogen-bond donors (Lipinski definition) is 1. The lowest BCUT2D eigenvalue weighted by atomic mass is 10.1. The third-order valence-corrected chi connectivity index (χ3v) is 4.17.